The largest absolute Gasteiger partial charge is 0.454 e. The lowest BCUT2D eigenvalue weighted by molar-refractivity contribution is -0.116. The van der Waals surface area contributed by atoms with Crippen molar-refractivity contribution in [3.05, 3.63) is 42.0 Å². The number of hydrogen-bond acceptors (Lipinski definition) is 6. The number of hydrogen-bond donors (Lipinski definition) is 1. The highest BCUT2D eigenvalue weighted by Crippen LogP contribution is 2.34. The summed E-state index contributed by atoms with van der Waals surface area (Å²) in [6.07, 6.45) is 2.97. The van der Waals surface area contributed by atoms with Gasteiger partial charge in [0.25, 0.3) is 0 Å². The van der Waals surface area contributed by atoms with Crippen LogP contribution in [0.3, 0.4) is 0 Å². The fourth-order valence-corrected chi connectivity index (χ4v) is 5.77. The molecule has 33 heavy (non-hydrogen) atoms. The molecule has 1 N–H and O–H groups in total. The van der Waals surface area contributed by atoms with Crippen LogP contribution in [0, 0.1) is 0 Å². The Balaban J connectivity index is 1.53. The maximum atomic E-state index is 13.0. The van der Waals surface area contributed by atoms with Gasteiger partial charge in [0.2, 0.25) is 22.7 Å². The monoisotopic (exact) mass is 473 g/mol. The quantitative estimate of drug-likeness (QED) is 0.599. The minimum atomic E-state index is -3.62. The van der Waals surface area contributed by atoms with Crippen molar-refractivity contribution in [3.63, 3.8) is 0 Å². The van der Waals surface area contributed by atoms with Gasteiger partial charge >= 0.3 is 0 Å². The summed E-state index contributed by atoms with van der Waals surface area (Å²) in [5.74, 6) is 1.24. The van der Waals surface area contributed by atoms with E-state index in [9.17, 15) is 13.2 Å². The second-order valence-electron chi connectivity index (χ2n) is 8.20. The number of amides is 1. The van der Waals surface area contributed by atoms with Crippen molar-refractivity contribution < 1.29 is 22.7 Å². The fourth-order valence-electron chi connectivity index (χ4n) is 4.29. The van der Waals surface area contributed by atoms with Gasteiger partial charge in [0.15, 0.2) is 11.5 Å². The summed E-state index contributed by atoms with van der Waals surface area (Å²) >= 11 is 0. The van der Waals surface area contributed by atoms with Crippen LogP contribution in [0.25, 0.3) is 0 Å². The van der Waals surface area contributed by atoms with Gasteiger partial charge in [-0.25, -0.2) is 8.42 Å². The van der Waals surface area contributed by atoms with Crippen molar-refractivity contribution in [2.45, 2.75) is 44.4 Å². The first-order chi connectivity index (χ1) is 15.9. The predicted octanol–water partition coefficient (Wildman–Crippen LogP) is 3.62. The third kappa shape index (κ3) is 5.09. The van der Waals surface area contributed by atoms with Crippen LogP contribution in [0.4, 0.5) is 11.4 Å². The topological polar surface area (TPSA) is 88.2 Å². The molecule has 0 aliphatic carbocycles. The molecule has 1 fully saturated rings. The molecule has 0 atom stereocenters. The second-order valence-corrected chi connectivity index (χ2v) is 10.1. The van der Waals surface area contributed by atoms with E-state index in [0.29, 0.717) is 36.7 Å². The zero-order valence-corrected chi connectivity index (χ0v) is 20.0. The smallest absolute Gasteiger partial charge is 0.243 e. The summed E-state index contributed by atoms with van der Waals surface area (Å²) in [7, 11) is -3.62. The van der Waals surface area contributed by atoms with E-state index in [0.717, 1.165) is 37.2 Å². The molecule has 1 amide bonds. The molecule has 0 aromatic heterocycles. The van der Waals surface area contributed by atoms with Crippen LogP contribution in [0.2, 0.25) is 0 Å². The Morgan fingerprint density at radius 2 is 1.76 bits per heavy atom. The Morgan fingerprint density at radius 3 is 2.48 bits per heavy atom. The van der Waals surface area contributed by atoms with Crippen LogP contribution in [0.15, 0.2) is 41.3 Å². The lowest BCUT2D eigenvalue weighted by atomic mass is 10.1. The molecule has 1 saturated heterocycles. The highest BCUT2D eigenvalue weighted by atomic mass is 32.2. The molecule has 8 nitrogen and oxygen atoms in total. The van der Waals surface area contributed by atoms with E-state index >= 15 is 0 Å². The summed E-state index contributed by atoms with van der Waals surface area (Å²) in [5, 5.41) is 2.98. The molecule has 9 heteroatoms. The number of benzene rings is 2. The number of ether oxygens (including phenoxy) is 2. The Kier molecular flexibility index (Phi) is 7.09. The molecule has 0 spiro atoms. The van der Waals surface area contributed by atoms with E-state index in [1.807, 2.05) is 38.1 Å². The molecule has 2 aliphatic heterocycles. The van der Waals surface area contributed by atoms with Gasteiger partial charge in [-0.2, -0.15) is 4.31 Å². The highest BCUT2D eigenvalue weighted by molar-refractivity contribution is 7.89. The molecular weight excluding hydrogens is 442 g/mol. The summed E-state index contributed by atoms with van der Waals surface area (Å²) in [6.45, 7) is 6.42. The van der Waals surface area contributed by atoms with E-state index in [4.69, 9.17) is 9.47 Å². The van der Waals surface area contributed by atoms with Crippen molar-refractivity contribution in [1.29, 1.82) is 0 Å². The van der Waals surface area contributed by atoms with Gasteiger partial charge in [0, 0.05) is 32.6 Å². The minimum absolute atomic E-state index is 0.162. The van der Waals surface area contributed by atoms with Gasteiger partial charge in [0.05, 0.1) is 16.3 Å². The first-order valence-corrected chi connectivity index (χ1v) is 12.9. The lowest BCUT2D eigenvalue weighted by Crippen LogP contribution is -2.31. The molecule has 2 aromatic carbocycles. The summed E-state index contributed by atoms with van der Waals surface area (Å²) in [4.78, 5) is 15.2. The molecule has 4 rings (SSSR count). The zero-order valence-electron chi connectivity index (χ0n) is 19.2. The van der Waals surface area contributed by atoms with E-state index in [1.54, 1.807) is 12.1 Å². The number of nitrogens with zero attached hydrogens (tertiary/aromatic N) is 2. The van der Waals surface area contributed by atoms with E-state index < -0.39 is 10.0 Å². The van der Waals surface area contributed by atoms with Crippen LogP contribution in [0.5, 0.6) is 11.5 Å². The van der Waals surface area contributed by atoms with Crippen molar-refractivity contribution in [2.24, 2.45) is 0 Å². The Morgan fingerprint density at radius 1 is 1.03 bits per heavy atom. The molecule has 178 valence electrons. The summed E-state index contributed by atoms with van der Waals surface area (Å²) < 4.78 is 38.3. The number of anilines is 2. The van der Waals surface area contributed by atoms with Gasteiger partial charge in [-0.15, -0.1) is 0 Å². The first-order valence-electron chi connectivity index (χ1n) is 11.5. The first kappa shape index (κ1) is 23.4. The average molecular weight is 474 g/mol. The van der Waals surface area contributed by atoms with Gasteiger partial charge < -0.3 is 19.7 Å². The zero-order chi connectivity index (χ0) is 23.4. The number of nitrogens with one attached hydrogen (secondary N) is 1. The molecule has 0 unspecified atom stereocenters. The molecule has 0 radical (unpaired) electrons. The van der Waals surface area contributed by atoms with E-state index in [-0.39, 0.29) is 24.0 Å². The van der Waals surface area contributed by atoms with Crippen LogP contribution in [-0.4, -0.2) is 51.6 Å². The van der Waals surface area contributed by atoms with Gasteiger partial charge in [0.1, 0.15) is 0 Å². The van der Waals surface area contributed by atoms with Crippen LogP contribution in [-0.2, 0) is 21.2 Å². The van der Waals surface area contributed by atoms with E-state index in [1.165, 1.54) is 4.31 Å². The minimum Gasteiger partial charge on any atom is -0.454 e. The van der Waals surface area contributed by atoms with Crippen LogP contribution < -0.4 is 19.7 Å². The van der Waals surface area contributed by atoms with Gasteiger partial charge in [-0.3, -0.25) is 4.79 Å². The van der Waals surface area contributed by atoms with Crippen molar-refractivity contribution in [1.82, 2.24) is 4.31 Å². The van der Waals surface area contributed by atoms with Gasteiger partial charge in [-0.1, -0.05) is 19.9 Å². The number of carbonyl (C=O) groups excluding carboxylic acids is 1. The number of sulfonamides is 1. The van der Waals surface area contributed by atoms with Crippen molar-refractivity contribution >= 4 is 27.3 Å². The SMILES string of the molecule is CCN(CC)S(=O)(=O)c1ccc(N2CCCC2)c(NC(=O)CCc2ccc3c(c2)OCO3)c1. The second kappa shape index (κ2) is 10.0. The molecule has 0 bridgehead atoms. The van der Waals surface area contributed by atoms with Gasteiger partial charge in [-0.05, 0) is 55.2 Å². The third-order valence-corrected chi connectivity index (χ3v) is 8.16. The molecule has 2 aliphatic rings. The molecule has 0 saturated carbocycles. The summed E-state index contributed by atoms with van der Waals surface area (Å²) in [5.41, 5.74) is 2.38. The normalized spacial score (nSPS) is 15.3. The maximum absolute atomic E-state index is 13.0. The molecular formula is C24H31N3O5S. The Hall–Kier alpha value is -2.78. The average Bonchev–Trinajstić information content (AvgIpc) is 3.50. The number of fused-ring (bicyclic) bond motifs is 1. The summed E-state index contributed by atoms with van der Waals surface area (Å²) in [6, 6.07) is 10.7. The van der Waals surface area contributed by atoms with Crippen LogP contribution in [0.1, 0.15) is 38.7 Å². The number of carbonyl (C=O) groups is 1. The molecule has 2 aromatic rings. The maximum Gasteiger partial charge on any atom is 0.243 e. The highest BCUT2D eigenvalue weighted by Gasteiger charge is 2.25. The van der Waals surface area contributed by atoms with Crippen LogP contribution >= 0.6 is 0 Å². The number of rotatable bonds is 9. The van der Waals surface area contributed by atoms with Crippen molar-refractivity contribution in [2.75, 3.05) is 43.2 Å². The number of aryl methyl sites for hydroxylation is 1. The van der Waals surface area contributed by atoms with Crippen molar-refractivity contribution in [3.8, 4) is 11.5 Å². The molecule has 2 heterocycles. The fraction of sp³-hybridized carbons (Fsp3) is 0.458. The Labute approximate surface area is 195 Å². The predicted molar refractivity (Wildman–Crippen MR) is 128 cm³/mol. The third-order valence-electron chi connectivity index (χ3n) is 6.11. The lowest BCUT2D eigenvalue weighted by Gasteiger charge is -2.24. The standard InChI is InChI=1S/C24H31N3O5S/c1-3-27(4-2)33(29,30)19-9-10-21(26-13-5-6-14-26)20(16-19)25-24(28)12-8-18-7-11-22-23(15-18)32-17-31-22/h7,9-11,15-16H,3-6,8,12-14,17H2,1-2H3,(H,25,28). The van der Waals surface area contributed by atoms with E-state index in [2.05, 4.69) is 10.2 Å². The Bertz CT molecular complexity index is 1110.